The first-order chi connectivity index (χ1) is 17.7. The summed E-state index contributed by atoms with van der Waals surface area (Å²) in [6.07, 6.45) is 3.98. The Bertz CT molecular complexity index is 939. The van der Waals surface area contributed by atoms with Gasteiger partial charge in [-0.05, 0) is 50.5 Å². The van der Waals surface area contributed by atoms with Crippen molar-refractivity contribution < 1.29 is 33.8 Å². The largest absolute Gasteiger partial charge is 0.478 e. The fourth-order valence-electron chi connectivity index (χ4n) is 4.62. The molecule has 1 rings (SSSR count). The van der Waals surface area contributed by atoms with Gasteiger partial charge in [-0.2, -0.15) is 0 Å². The zero-order valence-corrected chi connectivity index (χ0v) is 24.1. The van der Waals surface area contributed by atoms with Crippen molar-refractivity contribution in [2.24, 2.45) is 23.7 Å². The van der Waals surface area contributed by atoms with Crippen LogP contribution < -0.4 is 10.6 Å². The number of Topliss-reactive ketones (excluding diaryl/α,β-unsaturated/α-hetero) is 1. The van der Waals surface area contributed by atoms with Crippen LogP contribution in [0.2, 0.25) is 0 Å². The second-order valence-electron chi connectivity index (χ2n) is 11.0. The molecule has 0 aliphatic carbocycles. The molecule has 1 saturated heterocycles. The molecule has 0 saturated carbocycles. The van der Waals surface area contributed by atoms with E-state index < -0.39 is 54.3 Å². The third-order valence-electron chi connectivity index (χ3n) is 7.32. The molecular formula is C29H46N2O7. The molecule has 1 unspecified atom stereocenters. The van der Waals surface area contributed by atoms with Gasteiger partial charge in [-0.25, -0.2) is 9.59 Å². The third kappa shape index (κ3) is 10.4. The van der Waals surface area contributed by atoms with Crippen molar-refractivity contribution in [1.29, 1.82) is 0 Å². The number of carbonyl (C=O) groups is 5. The number of ketones is 1. The molecule has 0 spiro atoms. The second-order valence-corrected chi connectivity index (χ2v) is 11.0. The quantitative estimate of drug-likeness (QED) is 0.167. The number of amides is 2. The molecule has 1 heterocycles. The Labute approximate surface area is 226 Å². The van der Waals surface area contributed by atoms with Crippen LogP contribution >= 0.6 is 0 Å². The van der Waals surface area contributed by atoms with Gasteiger partial charge in [0.2, 0.25) is 11.8 Å². The van der Waals surface area contributed by atoms with Crippen molar-refractivity contribution in [3.8, 4) is 0 Å². The number of carboxylic acids is 1. The Balaban J connectivity index is 3.32. The summed E-state index contributed by atoms with van der Waals surface area (Å²) in [4.78, 5) is 63.3. The highest BCUT2D eigenvalue weighted by Crippen LogP contribution is 2.23. The number of hydrogen-bond donors (Lipinski definition) is 3. The lowest BCUT2D eigenvalue weighted by Gasteiger charge is -2.31. The highest BCUT2D eigenvalue weighted by molar-refractivity contribution is 6.01. The number of aliphatic carboxylic acids is 1. The van der Waals surface area contributed by atoms with Crippen molar-refractivity contribution in [2.75, 3.05) is 0 Å². The molecule has 1 fully saturated rings. The van der Waals surface area contributed by atoms with Crippen molar-refractivity contribution in [1.82, 2.24) is 10.6 Å². The summed E-state index contributed by atoms with van der Waals surface area (Å²) >= 11 is 0. The molecule has 214 valence electrons. The fourth-order valence-corrected chi connectivity index (χ4v) is 4.62. The topological polar surface area (TPSA) is 139 Å². The first-order valence-electron chi connectivity index (χ1n) is 13.6. The van der Waals surface area contributed by atoms with E-state index in [0.717, 1.165) is 11.1 Å². The monoisotopic (exact) mass is 534 g/mol. The number of rotatable bonds is 10. The van der Waals surface area contributed by atoms with Gasteiger partial charge in [-0.3, -0.25) is 14.4 Å². The van der Waals surface area contributed by atoms with Gasteiger partial charge in [0.05, 0.1) is 12.3 Å². The van der Waals surface area contributed by atoms with Crippen LogP contribution in [0.3, 0.4) is 0 Å². The highest BCUT2D eigenvalue weighted by atomic mass is 16.5. The van der Waals surface area contributed by atoms with E-state index in [2.05, 4.69) is 10.6 Å². The number of allylic oxidation sites excluding steroid dienone is 2. The molecule has 7 atom stereocenters. The predicted octanol–water partition coefficient (Wildman–Crippen LogP) is 3.96. The summed E-state index contributed by atoms with van der Waals surface area (Å²) in [5.74, 6) is -4.10. The van der Waals surface area contributed by atoms with Crippen LogP contribution in [0.25, 0.3) is 0 Å². The van der Waals surface area contributed by atoms with Gasteiger partial charge in [0.1, 0.15) is 24.0 Å². The predicted molar refractivity (Wildman–Crippen MR) is 145 cm³/mol. The smallest absolute Gasteiger partial charge is 0.329 e. The zero-order chi connectivity index (χ0) is 29.2. The van der Waals surface area contributed by atoms with Crippen LogP contribution in [-0.4, -0.2) is 52.8 Å². The molecule has 1 aliphatic heterocycles. The van der Waals surface area contributed by atoms with Gasteiger partial charge in [0, 0.05) is 6.08 Å². The number of cyclic esters (lactones) is 1. The maximum absolute atomic E-state index is 13.4. The van der Waals surface area contributed by atoms with Gasteiger partial charge in [-0.1, -0.05) is 65.5 Å². The van der Waals surface area contributed by atoms with E-state index in [0.29, 0.717) is 25.7 Å². The molecule has 0 aromatic rings. The van der Waals surface area contributed by atoms with Crippen LogP contribution in [0.15, 0.2) is 23.3 Å². The van der Waals surface area contributed by atoms with Gasteiger partial charge in [-0.15, -0.1) is 0 Å². The maximum atomic E-state index is 13.4. The molecule has 1 aliphatic rings. The summed E-state index contributed by atoms with van der Waals surface area (Å²) in [7, 11) is 0. The normalized spacial score (nSPS) is 26.7. The summed E-state index contributed by atoms with van der Waals surface area (Å²) < 4.78 is 5.86. The Morgan fingerprint density at radius 2 is 1.53 bits per heavy atom. The molecule has 0 radical (unpaired) electrons. The van der Waals surface area contributed by atoms with E-state index in [1.807, 2.05) is 41.5 Å². The average Bonchev–Trinajstić information content (AvgIpc) is 2.82. The molecule has 38 heavy (non-hydrogen) atoms. The van der Waals surface area contributed by atoms with E-state index >= 15 is 0 Å². The van der Waals surface area contributed by atoms with E-state index in [9.17, 15) is 24.0 Å². The second kappa shape index (κ2) is 15.4. The summed E-state index contributed by atoms with van der Waals surface area (Å²) in [6.45, 7) is 14.7. The Morgan fingerprint density at radius 3 is 2.08 bits per heavy atom. The molecule has 9 nitrogen and oxygen atoms in total. The number of carboxylic acid groups (broad SMARTS) is 1. The Morgan fingerprint density at radius 1 is 0.974 bits per heavy atom. The lowest BCUT2D eigenvalue weighted by molar-refractivity contribution is -0.156. The van der Waals surface area contributed by atoms with Crippen LogP contribution in [0.1, 0.15) is 87.5 Å². The van der Waals surface area contributed by atoms with E-state index in [-0.39, 0.29) is 23.5 Å². The van der Waals surface area contributed by atoms with Crippen LogP contribution in [0, 0.1) is 23.7 Å². The van der Waals surface area contributed by atoms with Gasteiger partial charge < -0.3 is 20.5 Å². The number of esters is 1. The lowest BCUT2D eigenvalue weighted by atomic mass is 9.90. The first-order valence-corrected chi connectivity index (χ1v) is 13.6. The number of carbonyl (C=O) groups excluding carboxylic acids is 4. The molecule has 0 aromatic heterocycles. The SMILES string of the molecule is CC[C@@H](C)[C@H]1NC(=O)CC(=O)[C@H](C)[C@H](/C=C(\C)CC(C)C/C(C)=C/C(=O)O)OC(=O)[C@H]([C@@H](C)CC)NC1=O. The summed E-state index contributed by atoms with van der Waals surface area (Å²) in [6, 6.07) is -1.80. The van der Waals surface area contributed by atoms with Crippen LogP contribution in [-0.2, 0) is 28.7 Å². The molecule has 9 heteroatoms. The fraction of sp³-hybridized carbons (Fsp3) is 0.690. The Kier molecular flexibility index (Phi) is 13.4. The maximum Gasteiger partial charge on any atom is 0.329 e. The minimum atomic E-state index is -0.989. The third-order valence-corrected chi connectivity index (χ3v) is 7.32. The van der Waals surface area contributed by atoms with Crippen molar-refractivity contribution in [3.05, 3.63) is 23.3 Å². The molecular weight excluding hydrogens is 488 g/mol. The van der Waals surface area contributed by atoms with Crippen LogP contribution in [0.4, 0.5) is 0 Å². The lowest BCUT2D eigenvalue weighted by Crippen LogP contribution is -2.57. The van der Waals surface area contributed by atoms with Gasteiger partial charge in [0.15, 0.2) is 0 Å². The van der Waals surface area contributed by atoms with E-state index in [1.54, 1.807) is 19.9 Å². The highest BCUT2D eigenvalue weighted by Gasteiger charge is 2.37. The first kappa shape index (κ1) is 33.1. The zero-order valence-electron chi connectivity index (χ0n) is 24.1. The Hall–Kier alpha value is -2.97. The average molecular weight is 535 g/mol. The molecule has 0 bridgehead atoms. The minimum absolute atomic E-state index is 0.116. The van der Waals surface area contributed by atoms with Crippen molar-refractivity contribution >= 4 is 29.5 Å². The summed E-state index contributed by atoms with van der Waals surface area (Å²) in [5.41, 5.74) is 1.61. The van der Waals surface area contributed by atoms with E-state index in [1.165, 1.54) is 6.08 Å². The number of ether oxygens (including phenoxy) is 1. The van der Waals surface area contributed by atoms with Crippen molar-refractivity contribution in [3.63, 3.8) is 0 Å². The standard InChI is InChI=1S/C29H46N2O7/c1-9-19(6)26-28(36)31-27(20(7)10-2)29(37)38-23(21(8)22(32)15-24(33)30-26)13-17(4)11-16(3)12-18(5)14-25(34)35/h13-14,16,19-21,23,26-27H,9-12,15H2,1-8H3,(H,30,33)(H,31,36)(H,34,35)/b17-13+,18-14+/t16?,19-,20+,21+,23+,26-,27+/m1/s1. The van der Waals surface area contributed by atoms with Crippen LogP contribution in [0.5, 0.6) is 0 Å². The number of nitrogens with one attached hydrogen (secondary N) is 2. The van der Waals surface area contributed by atoms with Crippen molar-refractivity contribution in [2.45, 2.75) is 106 Å². The molecule has 3 N–H and O–H groups in total. The van der Waals surface area contributed by atoms with Gasteiger partial charge >= 0.3 is 11.9 Å². The molecule has 2 amide bonds. The summed E-state index contributed by atoms with van der Waals surface area (Å²) in [5, 5.41) is 14.5. The van der Waals surface area contributed by atoms with E-state index in [4.69, 9.17) is 9.84 Å². The molecule has 0 aromatic carbocycles. The number of hydrogen-bond acceptors (Lipinski definition) is 6. The van der Waals surface area contributed by atoms with Gasteiger partial charge in [0.25, 0.3) is 0 Å². The minimum Gasteiger partial charge on any atom is -0.478 e.